The largest absolute Gasteiger partial charge is 0.364 e. The van der Waals surface area contributed by atoms with Gasteiger partial charge >= 0.3 is 0 Å². The number of nitrogens with zero attached hydrogens (tertiary/aromatic N) is 7. The second kappa shape index (κ2) is 8.54. The second-order valence-corrected chi connectivity index (χ2v) is 8.98. The maximum atomic E-state index is 14.5. The van der Waals surface area contributed by atoms with Crippen LogP contribution in [0.3, 0.4) is 0 Å². The first-order valence-electron chi connectivity index (χ1n) is 11.3. The predicted molar refractivity (Wildman–Crippen MR) is 125 cm³/mol. The lowest BCUT2D eigenvalue weighted by Gasteiger charge is -2.39. The molecule has 3 aromatic rings. The zero-order valence-electron chi connectivity index (χ0n) is 19.4. The fourth-order valence-electron chi connectivity index (χ4n) is 4.09. The molecule has 5 rings (SSSR count). The molecule has 2 fully saturated rings. The van der Waals surface area contributed by atoms with Crippen LogP contribution < -0.4 is 15.5 Å². The first-order valence-corrected chi connectivity index (χ1v) is 11.3. The summed E-state index contributed by atoms with van der Waals surface area (Å²) in [4.78, 5) is 18.3. The molecule has 1 saturated heterocycles. The first kappa shape index (κ1) is 21.5. The normalized spacial score (nSPS) is 19.1. The Morgan fingerprint density at radius 3 is 2.58 bits per heavy atom. The Hall–Kier alpha value is -3.34. The number of piperazine rings is 1. The monoisotopic (exact) mass is 452 g/mol. The molecule has 1 saturated carbocycles. The van der Waals surface area contributed by atoms with Crippen LogP contribution in [-0.4, -0.2) is 68.0 Å². The highest BCUT2D eigenvalue weighted by atomic mass is 19.1. The van der Waals surface area contributed by atoms with Crippen LogP contribution in [-0.2, 0) is 0 Å². The molecule has 174 valence electrons. The van der Waals surface area contributed by atoms with E-state index < -0.39 is 0 Å². The summed E-state index contributed by atoms with van der Waals surface area (Å²) in [6.45, 7) is 8.44. The summed E-state index contributed by atoms with van der Waals surface area (Å²) in [6, 6.07) is 2.18. The number of nitrogens with one attached hydrogen (secondary N) is 3. The van der Waals surface area contributed by atoms with E-state index in [-0.39, 0.29) is 11.7 Å². The van der Waals surface area contributed by atoms with E-state index in [1.54, 1.807) is 13.0 Å². The Morgan fingerprint density at radius 1 is 1.06 bits per heavy atom. The summed E-state index contributed by atoms with van der Waals surface area (Å²) in [5.41, 5.74) is 2.72. The SMILES string of the molecule is Cc1n[nH]nc1Nc1nc(Nc2cc(C3CC3)c(F)c(C)n2)ncc1N1CCN(C)C(C)C1. The number of likely N-dealkylation sites (N-methyl/N-ethyl adjacent to an activating group) is 1. The van der Waals surface area contributed by atoms with Gasteiger partial charge in [-0.15, -0.1) is 5.10 Å². The fourth-order valence-corrected chi connectivity index (χ4v) is 4.09. The van der Waals surface area contributed by atoms with Crippen molar-refractivity contribution in [3.63, 3.8) is 0 Å². The third-order valence-electron chi connectivity index (χ3n) is 6.44. The average Bonchev–Trinajstić information content (AvgIpc) is 3.56. The standard InChI is InChI=1S/C22H29FN10/c1-12-11-33(8-7-32(12)4)17-10-24-22(28-21(17)27-20-14(3)29-31-30-20)26-18-9-16(15-5-6-15)19(23)13(2)25-18/h9-10,12,15H,5-8,11H2,1-4H3,(H3,24,25,26,27,28,29,30,31). The van der Waals surface area contributed by atoms with E-state index in [1.165, 1.54) is 0 Å². The van der Waals surface area contributed by atoms with E-state index in [0.717, 1.165) is 43.9 Å². The van der Waals surface area contributed by atoms with Crippen molar-refractivity contribution in [2.24, 2.45) is 0 Å². The molecule has 1 atom stereocenters. The minimum absolute atomic E-state index is 0.215. The van der Waals surface area contributed by atoms with Crippen LogP contribution >= 0.6 is 0 Å². The van der Waals surface area contributed by atoms with E-state index in [9.17, 15) is 4.39 Å². The molecule has 0 radical (unpaired) electrons. The molecule has 3 N–H and O–H groups in total. The van der Waals surface area contributed by atoms with Gasteiger partial charge in [0.1, 0.15) is 17.3 Å². The summed E-state index contributed by atoms with van der Waals surface area (Å²) in [6.07, 6.45) is 3.84. The van der Waals surface area contributed by atoms with Crippen molar-refractivity contribution >= 4 is 29.1 Å². The van der Waals surface area contributed by atoms with Crippen molar-refractivity contribution in [1.29, 1.82) is 0 Å². The van der Waals surface area contributed by atoms with Gasteiger partial charge in [0.15, 0.2) is 11.6 Å². The van der Waals surface area contributed by atoms with Crippen molar-refractivity contribution in [3.05, 3.63) is 35.0 Å². The molecular weight excluding hydrogens is 423 g/mol. The van der Waals surface area contributed by atoms with Crippen LogP contribution in [0.5, 0.6) is 0 Å². The van der Waals surface area contributed by atoms with Gasteiger partial charge < -0.3 is 20.4 Å². The van der Waals surface area contributed by atoms with Crippen molar-refractivity contribution in [3.8, 4) is 0 Å². The summed E-state index contributed by atoms with van der Waals surface area (Å²) in [5, 5.41) is 17.4. The van der Waals surface area contributed by atoms with Crippen LogP contribution in [0.25, 0.3) is 0 Å². The number of rotatable bonds is 6. The zero-order valence-corrected chi connectivity index (χ0v) is 19.4. The first-order chi connectivity index (χ1) is 15.9. The topological polar surface area (TPSA) is 111 Å². The van der Waals surface area contributed by atoms with Crippen LogP contribution in [0.1, 0.15) is 42.6 Å². The van der Waals surface area contributed by atoms with Gasteiger partial charge in [0.25, 0.3) is 0 Å². The van der Waals surface area contributed by atoms with Crippen molar-refractivity contribution in [2.45, 2.75) is 45.6 Å². The number of hydrogen-bond donors (Lipinski definition) is 3. The Bertz CT molecular complexity index is 1160. The third-order valence-corrected chi connectivity index (χ3v) is 6.44. The van der Waals surface area contributed by atoms with Gasteiger partial charge in [-0.2, -0.15) is 15.3 Å². The second-order valence-electron chi connectivity index (χ2n) is 8.98. The highest BCUT2D eigenvalue weighted by Gasteiger charge is 2.28. The number of aromatic nitrogens is 6. The number of halogens is 1. The van der Waals surface area contributed by atoms with Gasteiger partial charge in [-0.1, -0.05) is 0 Å². The van der Waals surface area contributed by atoms with Gasteiger partial charge in [-0.05, 0) is 58.2 Å². The minimum atomic E-state index is -0.215. The molecule has 0 spiro atoms. The third kappa shape index (κ3) is 4.45. The van der Waals surface area contributed by atoms with Crippen LogP contribution in [0, 0.1) is 19.7 Å². The van der Waals surface area contributed by atoms with Crippen molar-refractivity contribution in [2.75, 3.05) is 42.2 Å². The molecule has 1 aliphatic heterocycles. The number of anilines is 5. The Morgan fingerprint density at radius 2 is 1.88 bits per heavy atom. The highest BCUT2D eigenvalue weighted by Crippen LogP contribution is 2.42. The van der Waals surface area contributed by atoms with Crippen molar-refractivity contribution in [1.82, 2.24) is 35.3 Å². The fraction of sp³-hybridized carbons (Fsp3) is 0.500. The van der Waals surface area contributed by atoms with E-state index >= 15 is 0 Å². The number of hydrogen-bond acceptors (Lipinski definition) is 9. The molecule has 33 heavy (non-hydrogen) atoms. The molecule has 4 heterocycles. The summed E-state index contributed by atoms with van der Waals surface area (Å²) in [5.74, 6) is 2.22. The zero-order chi connectivity index (χ0) is 23.1. The smallest absolute Gasteiger partial charge is 0.230 e. The highest BCUT2D eigenvalue weighted by molar-refractivity contribution is 5.72. The summed E-state index contributed by atoms with van der Waals surface area (Å²) < 4.78 is 14.5. The van der Waals surface area contributed by atoms with E-state index in [4.69, 9.17) is 4.98 Å². The van der Waals surface area contributed by atoms with Gasteiger partial charge in [0, 0.05) is 25.7 Å². The molecule has 1 unspecified atom stereocenters. The summed E-state index contributed by atoms with van der Waals surface area (Å²) >= 11 is 0. The lowest BCUT2D eigenvalue weighted by atomic mass is 10.1. The van der Waals surface area contributed by atoms with Gasteiger partial charge in [-0.25, -0.2) is 14.4 Å². The maximum absolute atomic E-state index is 14.5. The molecule has 0 aromatic carbocycles. The van der Waals surface area contributed by atoms with Crippen LogP contribution in [0.4, 0.5) is 33.5 Å². The Labute approximate surface area is 192 Å². The van der Waals surface area contributed by atoms with Gasteiger partial charge in [-0.3, -0.25) is 0 Å². The molecule has 0 amide bonds. The van der Waals surface area contributed by atoms with Crippen molar-refractivity contribution < 1.29 is 4.39 Å². The maximum Gasteiger partial charge on any atom is 0.230 e. The quantitative estimate of drug-likeness (QED) is 0.519. The predicted octanol–water partition coefficient (Wildman–Crippen LogP) is 3.25. The Kier molecular flexibility index (Phi) is 5.57. The van der Waals surface area contributed by atoms with Gasteiger partial charge in [0.05, 0.1) is 17.6 Å². The minimum Gasteiger partial charge on any atom is -0.364 e. The van der Waals surface area contributed by atoms with E-state index in [2.05, 4.69) is 59.8 Å². The molecule has 11 heteroatoms. The number of pyridine rings is 1. The van der Waals surface area contributed by atoms with Crippen LogP contribution in [0.2, 0.25) is 0 Å². The molecule has 10 nitrogen and oxygen atoms in total. The van der Waals surface area contributed by atoms with Gasteiger partial charge in [0.2, 0.25) is 5.95 Å². The average molecular weight is 453 g/mol. The molecular formula is C22H29FN10. The molecule has 1 aliphatic carbocycles. The summed E-state index contributed by atoms with van der Waals surface area (Å²) in [7, 11) is 2.14. The lowest BCUT2D eigenvalue weighted by molar-refractivity contribution is 0.234. The molecule has 0 bridgehead atoms. The van der Waals surface area contributed by atoms with Crippen LogP contribution in [0.15, 0.2) is 12.3 Å². The van der Waals surface area contributed by atoms with E-state index in [0.29, 0.717) is 40.7 Å². The molecule has 3 aromatic heterocycles. The lowest BCUT2D eigenvalue weighted by Crippen LogP contribution is -2.50. The number of aromatic amines is 1. The molecule has 2 aliphatic rings. The number of aryl methyl sites for hydroxylation is 2. The number of H-pyrrole nitrogens is 1. The van der Waals surface area contributed by atoms with E-state index in [1.807, 2.05) is 13.1 Å². The Balaban J connectivity index is 1.46.